The van der Waals surface area contributed by atoms with Gasteiger partial charge in [-0.2, -0.15) is 0 Å². The van der Waals surface area contributed by atoms with Crippen molar-refractivity contribution in [2.24, 2.45) is 0 Å². The fraction of sp³-hybridized carbons (Fsp3) is 0. The molecule has 3 heteroatoms. The Morgan fingerprint density at radius 1 is 0.442 bits per heavy atom. The van der Waals surface area contributed by atoms with Gasteiger partial charge in [-0.25, -0.2) is 0 Å². The van der Waals surface area contributed by atoms with Gasteiger partial charge in [0.05, 0.1) is 0 Å². The SMILES string of the molecule is Bc1cc2ccccc2c2c1oc1cc(N(c3ccc(-c4ccccc4)cc3)c3ccc(-c4ccccc4)cc3)ccc12. The highest BCUT2D eigenvalue weighted by Gasteiger charge is 2.18. The average Bonchev–Trinajstić information content (AvgIpc) is 3.46. The Morgan fingerprint density at radius 2 is 0.953 bits per heavy atom. The molecule has 0 spiro atoms. The summed E-state index contributed by atoms with van der Waals surface area (Å²) in [7, 11) is 2.13. The lowest BCUT2D eigenvalue weighted by molar-refractivity contribution is 0.672. The second-order valence-corrected chi connectivity index (χ2v) is 11.1. The van der Waals surface area contributed by atoms with E-state index in [1.807, 2.05) is 0 Å². The largest absolute Gasteiger partial charge is 0.457 e. The second-order valence-electron chi connectivity index (χ2n) is 11.1. The van der Waals surface area contributed by atoms with Gasteiger partial charge in [-0.3, -0.25) is 0 Å². The number of nitrogens with zero attached hydrogens (tertiary/aromatic N) is 1. The van der Waals surface area contributed by atoms with Crippen LogP contribution in [0.1, 0.15) is 0 Å². The van der Waals surface area contributed by atoms with Crippen LogP contribution in [0.4, 0.5) is 17.1 Å². The first-order chi connectivity index (χ1) is 21.2. The van der Waals surface area contributed by atoms with Crippen LogP contribution in [-0.4, -0.2) is 7.85 Å². The minimum Gasteiger partial charge on any atom is -0.457 e. The molecule has 0 fully saturated rings. The van der Waals surface area contributed by atoms with Crippen LogP contribution in [0.2, 0.25) is 0 Å². The molecule has 0 aliphatic carbocycles. The molecule has 0 atom stereocenters. The van der Waals surface area contributed by atoms with Crippen molar-refractivity contribution < 1.29 is 4.42 Å². The zero-order chi connectivity index (χ0) is 28.8. The van der Waals surface area contributed by atoms with E-state index in [2.05, 4.69) is 170 Å². The van der Waals surface area contributed by atoms with E-state index in [0.717, 1.165) is 39.1 Å². The smallest absolute Gasteiger partial charge is 0.144 e. The summed E-state index contributed by atoms with van der Waals surface area (Å²) >= 11 is 0. The molecule has 1 heterocycles. The monoisotopic (exact) mass is 549 g/mol. The molecule has 7 aromatic carbocycles. The van der Waals surface area contributed by atoms with Crippen LogP contribution < -0.4 is 10.4 Å². The van der Waals surface area contributed by atoms with Crippen molar-refractivity contribution in [2.75, 3.05) is 4.90 Å². The highest BCUT2D eigenvalue weighted by atomic mass is 16.3. The molecule has 0 saturated carbocycles. The fourth-order valence-electron chi connectivity index (χ4n) is 6.23. The van der Waals surface area contributed by atoms with Crippen LogP contribution in [0.3, 0.4) is 0 Å². The molecule has 0 unspecified atom stereocenters. The molecule has 202 valence electrons. The van der Waals surface area contributed by atoms with Crippen LogP contribution in [-0.2, 0) is 0 Å². The molecule has 8 rings (SSSR count). The van der Waals surface area contributed by atoms with E-state index in [0.29, 0.717) is 0 Å². The number of anilines is 3. The quantitative estimate of drug-likeness (QED) is 0.199. The summed E-state index contributed by atoms with van der Waals surface area (Å²) in [6.07, 6.45) is 0. The van der Waals surface area contributed by atoms with Crippen molar-refractivity contribution in [1.82, 2.24) is 0 Å². The molecule has 8 aromatic rings. The van der Waals surface area contributed by atoms with E-state index in [1.165, 1.54) is 38.4 Å². The summed E-state index contributed by atoms with van der Waals surface area (Å²) in [6, 6.07) is 56.0. The van der Waals surface area contributed by atoms with Crippen molar-refractivity contribution >= 4 is 63.1 Å². The Labute approximate surface area is 251 Å². The van der Waals surface area contributed by atoms with Gasteiger partial charge >= 0.3 is 0 Å². The van der Waals surface area contributed by atoms with Gasteiger partial charge in [0.1, 0.15) is 19.0 Å². The summed E-state index contributed by atoms with van der Waals surface area (Å²) in [5, 5.41) is 4.78. The maximum atomic E-state index is 6.58. The molecule has 43 heavy (non-hydrogen) atoms. The number of hydrogen-bond acceptors (Lipinski definition) is 2. The van der Waals surface area contributed by atoms with E-state index in [4.69, 9.17) is 4.42 Å². The Balaban J connectivity index is 1.28. The number of fused-ring (bicyclic) bond motifs is 5. The van der Waals surface area contributed by atoms with Crippen molar-refractivity contribution in [3.05, 3.63) is 158 Å². The standard InChI is InChI=1S/C40H28BNO/c41-37-25-31-13-7-8-14-35(31)39-36-24-23-34(26-38(36)43-40(37)39)42(32-19-15-29(16-20-32)27-9-3-1-4-10-27)33-21-17-30(18-22-33)28-11-5-2-6-12-28/h1-26H,41H2. The summed E-state index contributed by atoms with van der Waals surface area (Å²) in [5.74, 6) is 0. The minimum absolute atomic E-state index is 0.888. The van der Waals surface area contributed by atoms with Crippen LogP contribution >= 0.6 is 0 Å². The van der Waals surface area contributed by atoms with Crippen LogP contribution in [0.25, 0.3) is 55.0 Å². The topological polar surface area (TPSA) is 16.4 Å². The first kappa shape index (κ1) is 25.2. The van der Waals surface area contributed by atoms with E-state index in [-0.39, 0.29) is 0 Å². The van der Waals surface area contributed by atoms with Gasteiger partial charge in [0.15, 0.2) is 0 Å². The molecular formula is C40H28BNO. The predicted molar refractivity (Wildman–Crippen MR) is 185 cm³/mol. The molecular weight excluding hydrogens is 521 g/mol. The summed E-state index contributed by atoms with van der Waals surface area (Å²) in [6.45, 7) is 0. The zero-order valence-corrected chi connectivity index (χ0v) is 23.9. The van der Waals surface area contributed by atoms with Crippen LogP contribution in [0.15, 0.2) is 162 Å². The maximum Gasteiger partial charge on any atom is 0.144 e. The third-order valence-electron chi connectivity index (χ3n) is 8.36. The summed E-state index contributed by atoms with van der Waals surface area (Å²) in [4.78, 5) is 2.31. The Bertz CT molecular complexity index is 2140. The Kier molecular flexibility index (Phi) is 6.08. The molecule has 2 nitrogen and oxygen atoms in total. The van der Waals surface area contributed by atoms with Crippen molar-refractivity contribution in [2.45, 2.75) is 0 Å². The molecule has 0 amide bonds. The molecule has 0 radical (unpaired) electrons. The van der Waals surface area contributed by atoms with E-state index >= 15 is 0 Å². The molecule has 0 bridgehead atoms. The third kappa shape index (κ3) is 4.47. The van der Waals surface area contributed by atoms with Crippen molar-refractivity contribution in [3.63, 3.8) is 0 Å². The first-order valence-corrected chi connectivity index (χ1v) is 14.7. The van der Waals surface area contributed by atoms with Crippen LogP contribution in [0.5, 0.6) is 0 Å². The first-order valence-electron chi connectivity index (χ1n) is 14.7. The zero-order valence-electron chi connectivity index (χ0n) is 23.9. The number of hydrogen-bond donors (Lipinski definition) is 0. The fourth-order valence-corrected chi connectivity index (χ4v) is 6.23. The Hall–Kier alpha value is -5.54. The minimum atomic E-state index is 0.888. The molecule has 0 saturated heterocycles. The van der Waals surface area contributed by atoms with Gasteiger partial charge in [0, 0.05) is 33.9 Å². The van der Waals surface area contributed by atoms with E-state index in [9.17, 15) is 0 Å². The van der Waals surface area contributed by atoms with Gasteiger partial charge in [-0.05, 0) is 74.9 Å². The Morgan fingerprint density at radius 3 is 1.56 bits per heavy atom. The summed E-state index contributed by atoms with van der Waals surface area (Å²) < 4.78 is 6.58. The van der Waals surface area contributed by atoms with Gasteiger partial charge in [0.25, 0.3) is 0 Å². The second kappa shape index (κ2) is 10.4. The van der Waals surface area contributed by atoms with Gasteiger partial charge in [0.2, 0.25) is 0 Å². The number of rotatable bonds is 5. The van der Waals surface area contributed by atoms with Crippen LogP contribution in [0, 0.1) is 0 Å². The van der Waals surface area contributed by atoms with Gasteiger partial charge in [-0.1, -0.05) is 115 Å². The normalized spacial score (nSPS) is 11.3. The third-order valence-corrected chi connectivity index (χ3v) is 8.36. The molecule has 0 aliphatic heterocycles. The highest BCUT2D eigenvalue weighted by Crippen LogP contribution is 2.40. The molecule has 0 N–H and O–H groups in total. The number of furan rings is 1. The molecule has 0 aliphatic rings. The highest BCUT2D eigenvalue weighted by molar-refractivity contribution is 6.42. The van der Waals surface area contributed by atoms with Gasteiger partial charge in [-0.15, -0.1) is 0 Å². The maximum absolute atomic E-state index is 6.58. The van der Waals surface area contributed by atoms with E-state index < -0.39 is 0 Å². The molecule has 1 aromatic heterocycles. The van der Waals surface area contributed by atoms with Gasteiger partial charge < -0.3 is 9.32 Å². The number of benzene rings is 7. The lowest BCUT2D eigenvalue weighted by Gasteiger charge is -2.26. The van der Waals surface area contributed by atoms with Crippen molar-refractivity contribution in [1.29, 1.82) is 0 Å². The lowest BCUT2D eigenvalue weighted by Crippen LogP contribution is -2.09. The average molecular weight is 549 g/mol. The van der Waals surface area contributed by atoms with E-state index in [1.54, 1.807) is 0 Å². The lowest BCUT2D eigenvalue weighted by atomic mass is 9.90. The predicted octanol–water partition coefficient (Wildman–Crippen LogP) is 9.80. The van der Waals surface area contributed by atoms with Crippen molar-refractivity contribution in [3.8, 4) is 22.3 Å². The summed E-state index contributed by atoms with van der Waals surface area (Å²) in [5.41, 5.74) is 11.0.